The van der Waals surface area contributed by atoms with Crippen molar-refractivity contribution in [2.45, 2.75) is 45.8 Å². The predicted octanol–water partition coefficient (Wildman–Crippen LogP) is 4.29. The van der Waals surface area contributed by atoms with Crippen molar-refractivity contribution in [3.63, 3.8) is 0 Å². The monoisotopic (exact) mass is 310 g/mol. The largest absolute Gasteiger partial charge is 0.541 e. The molecule has 0 atom stereocenters. The Kier molecular flexibility index (Phi) is 5.10. The van der Waals surface area contributed by atoms with E-state index in [9.17, 15) is 4.79 Å². The topological polar surface area (TPSA) is 44.8 Å². The normalized spacial score (nSPS) is 12.0. The number of benzene rings is 1. The second-order valence-corrected chi connectivity index (χ2v) is 11.4. The van der Waals surface area contributed by atoms with Crippen LogP contribution in [0.25, 0.3) is 0 Å². The van der Waals surface area contributed by atoms with Crippen LogP contribution in [-0.2, 0) is 0 Å². The van der Waals surface area contributed by atoms with Gasteiger partial charge in [0.2, 0.25) is 5.75 Å². The second kappa shape index (κ2) is 6.09. The van der Waals surface area contributed by atoms with Crippen molar-refractivity contribution < 1.29 is 18.7 Å². The van der Waals surface area contributed by atoms with Gasteiger partial charge in [0.1, 0.15) is 0 Å². The first-order valence-corrected chi connectivity index (χ1v) is 9.90. The molecule has 21 heavy (non-hydrogen) atoms. The lowest BCUT2D eigenvalue weighted by Gasteiger charge is -2.37. The highest BCUT2D eigenvalue weighted by atomic mass is 28.4. The van der Waals surface area contributed by atoms with Gasteiger partial charge in [0.05, 0.1) is 14.2 Å². The van der Waals surface area contributed by atoms with Crippen LogP contribution in [0.1, 0.15) is 38.1 Å². The van der Waals surface area contributed by atoms with E-state index in [1.165, 1.54) is 6.92 Å². The maximum Gasteiger partial charge on any atom is 0.250 e. The minimum absolute atomic E-state index is 0.0314. The van der Waals surface area contributed by atoms with Crippen LogP contribution in [0.15, 0.2) is 12.1 Å². The minimum Gasteiger partial charge on any atom is -0.541 e. The van der Waals surface area contributed by atoms with Crippen molar-refractivity contribution in [1.29, 1.82) is 0 Å². The lowest BCUT2D eigenvalue weighted by atomic mass is 10.1. The van der Waals surface area contributed by atoms with Gasteiger partial charge in [-0.1, -0.05) is 20.8 Å². The van der Waals surface area contributed by atoms with Gasteiger partial charge in [0.25, 0.3) is 8.32 Å². The van der Waals surface area contributed by atoms with E-state index in [1.807, 2.05) is 0 Å². The second-order valence-electron chi connectivity index (χ2n) is 6.63. The van der Waals surface area contributed by atoms with Crippen LogP contribution in [0.3, 0.4) is 0 Å². The lowest BCUT2D eigenvalue weighted by molar-refractivity contribution is 0.101. The molecule has 4 nitrogen and oxygen atoms in total. The molecule has 0 saturated carbocycles. The molecule has 0 unspecified atom stereocenters. The molecule has 0 spiro atoms. The summed E-state index contributed by atoms with van der Waals surface area (Å²) in [6, 6.07) is 3.42. The number of ketones is 1. The number of hydrogen-bond donors (Lipinski definition) is 0. The van der Waals surface area contributed by atoms with Gasteiger partial charge in [0.15, 0.2) is 17.3 Å². The zero-order valence-corrected chi connectivity index (χ0v) is 15.3. The van der Waals surface area contributed by atoms with Crippen molar-refractivity contribution in [3.05, 3.63) is 17.7 Å². The van der Waals surface area contributed by atoms with E-state index in [4.69, 9.17) is 13.9 Å². The van der Waals surface area contributed by atoms with E-state index < -0.39 is 8.32 Å². The van der Waals surface area contributed by atoms with E-state index in [-0.39, 0.29) is 10.8 Å². The highest BCUT2D eigenvalue weighted by molar-refractivity contribution is 6.74. The molecule has 0 aromatic heterocycles. The lowest BCUT2D eigenvalue weighted by Crippen LogP contribution is -2.44. The summed E-state index contributed by atoms with van der Waals surface area (Å²) in [5, 5.41) is 0.0531. The molecule has 0 amide bonds. The van der Waals surface area contributed by atoms with Crippen LogP contribution in [0, 0.1) is 0 Å². The van der Waals surface area contributed by atoms with Gasteiger partial charge >= 0.3 is 0 Å². The molecule has 0 saturated heterocycles. The molecule has 1 rings (SSSR count). The van der Waals surface area contributed by atoms with Gasteiger partial charge in [-0.2, -0.15) is 0 Å². The molecule has 118 valence electrons. The molecule has 0 fully saturated rings. The Balaban J connectivity index is 3.39. The number of methoxy groups -OCH3 is 2. The third kappa shape index (κ3) is 3.78. The van der Waals surface area contributed by atoms with Crippen LogP contribution >= 0.6 is 0 Å². The van der Waals surface area contributed by atoms with Gasteiger partial charge in [-0.05, 0) is 37.2 Å². The van der Waals surface area contributed by atoms with E-state index in [2.05, 4.69) is 33.9 Å². The van der Waals surface area contributed by atoms with Crippen molar-refractivity contribution in [3.8, 4) is 17.2 Å². The summed E-state index contributed by atoms with van der Waals surface area (Å²) >= 11 is 0. The zero-order valence-electron chi connectivity index (χ0n) is 14.3. The first-order chi connectivity index (χ1) is 9.53. The standard InChI is InChI=1S/C16H26O4Si/c1-11(17)12-9-13(18-5)15(19-6)14(10-12)20-21(7,8)16(2,3)4/h9-10H,1-8H3. The number of carbonyl (C=O) groups is 1. The summed E-state index contributed by atoms with van der Waals surface area (Å²) in [4.78, 5) is 11.7. The fraction of sp³-hybridized carbons (Fsp3) is 0.562. The molecule has 0 N–H and O–H groups in total. The maximum absolute atomic E-state index is 11.7. The minimum atomic E-state index is -2.03. The van der Waals surface area contributed by atoms with Crippen LogP contribution in [-0.4, -0.2) is 28.3 Å². The molecular weight excluding hydrogens is 284 g/mol. The molecule has 5 heteroatoms. The highest BCUT2D eigenvalue weighted by Gasteiger charge is 2.40. The Labute approximate surface area is 128 Å². The third-order valence-corrected chi connectivity index (χ3v) is 8.37. The van der Waals surface area contributed by atoms with Gasteiger partial charge in [-0.3, -0.25) is 4.79 Å². The molecular formula is C16H26O4Si. The summed E-state index contributed by atoms with van der Waals surface area (Å²) in [5.41, 5.74) is 0.557. The van der Waals surface area contributed by atoms with Crippen LogP contribution in [0.5, 0.6) is 17.2 Å². The van der Waals surface area contributed by atoms with Gasteiger partial charge < -0.3 is 13.9 Å². The smallest absolute Gasteiger partial charge is 0.250 e. The molecule has 0 aliphatic carbocycles. The quantitative estimate of drug-likeness (QED) is 0.601. The van der Waals surface area contributed by atoms with Crippen LogP contribution in [0.2, 0.25) is 18.1 Å². The molecule has 0 aliphatic heterocycles. The maximum atomic E-state index is 11.7. The van der Waals surface area contributed by atoms with Crippen molar-refractivity contribution >= 4 is 14.1 Å². The Bertz CT molecular complexity index is 530. The number of ether oxygens (including phenoxy) is 2. The van der Waals surface area contributed by atoms with Crippen molar-refractivity contribution in [2.75, 3.05) is 14.2 Å². The van der Waals surface area contributed by atoms with E-state index in [1.54, 1.807) is 26.4 Å². The van der Waals surface area contributed by atoms with E-state index >= 15 is 0 Å². The zero-order chi connectivity index (χ0) is 16.4. The van der Waals surface area contributed by atoms with Gasteiger partial charge in [-0.15, -0.1) is 0 Å². The fourth-order valence-corrected chi connectivity index (χ4v) is 2.64. The average molecular weight is 310 g/mol. The van der Waals surface area contributed by atoms with Crippen molar-refractivity contribution in [2.24, 2.45) is 0 Å². The molecule has 0 heterocycles. The SMILES string of the molecule is COc1cc(C(C)=O)cc(O[Si](C)(C)C(C)(C)C)c1OC. The Morgan fingerprint density at radius 3 is 1.95 bits per heavy atom. The first-order valence-electron chi connectivity index (χ1n) is 6.99. The molecule has 1 aromatic rings. The fourth-order valence-electron chi connectivity index (χ4n) is 1.64. The molecule has 0 aliphatic rings. The van der Waals surface area contributed by atoms with E-state index in [0.29, 0.717) is 22.8 Å². The Morgan fingerprint density at radius 2 is 1.57 bits per heavy atom. The molecule has 0 radical (unpaired) electrons. The average Bonchev–Trinajstić information content (AvgIpc) is 2.35. The van der Waals surface area contributed by atoms with Crippen LogP contribution < -0.4 is 13.9 Å². The summed E-state index contributed by atoms with van der Waals surface area (Å²) in [5.74, 6) is 1.59. The number of Topliss-reactive ketones (excluding diaryl/α,β-unsaturated/α-hetero) is 1. The Morgan fingerprint density at radius 1 is 1.05 bits per heavy atom. The van der Waals surface area contributed by atoms with Gasteiger partial charge in [0, 0.05) is 5.56 Å². The summed E-state index contributed by atoms with van der Waals surface area (Å²) in [6.45, 7) is 12.3. The molecule has 0 bridgehead atoms. The van der Waals surface area contributed by atoms with Gasteiger partial charge in [-0.25, -0.2) is 0 Å². The number of rotatable bonds is 5. The van der Waals surface area contributed by atoms with E-state index in [0.717, 1.165) is 0 Å². The predicted molar refractivity (Wildman–Crippen MR) is 87.4 cm³/mol. The summed E-state index contributed by atoms with van der Waals surface area (Å²) in [6.07, 6.45) is 0. The van der Waals surface area contributed by atoms with Crippen LogP contribution in [0.4, 0.5) is 0 Å². The Hall–Kier alpha value is -1.49. The number of carbonyl (C=O) groups excluding carboxylic acids is 1. The first kappa shape index (κ1) is 17.6. The summed E-state index contributed by atoms with van der Waals surface area (Å²) in [7, 11) is 1.09. The molecule has 1 aromatic carbocycles. The number of hydrogen-bond acceptors (Lipinski definition) is 4. The third-order valence-electron chi connectivity index (χ3n) is 4.02. The van der Waals surface area contributed by atoms with Crippen molar-refractivity contribution in [1.82, 2.24) is 0 Å². The summed E-state index contributed by atoms with van der Waals surface area (Å²) < 4.78 is 17.1. The highest BCUT2D eigenvalue weighted by Crippen LogP contribution is 2.44.